The number of para-hydroxylation sites is 1. The van der Waals surface area contributed by atoms with Crippen molar-refractivity contribution in [1.29, 1.82) is 0 Å². The molecule has 0 atom stereocenters. The average Bonchev–Trinajstić information content (AvgIpc) is 3.98. The fourth-order valence-corrected chi connectivity index (χ4v) is 10.2. The largest absolute Gasteiger partial charge is 0.455 e. The maximum absolute atomic E-state index is 6.79. The highest BCUT2D eigenvalue weighted by Gasteiger charge is 2.22. The second kappa shape index (κ2) is 12.7. The van der Waals surface area contributed by atoms with Gasteiger partial charge in [-0.25, -0.2) is 24.9 Å². The number of thiophene rings is 2. The molecule has 0 fully saturated rings. The lowest BCUT2D eigenvalue weighted by Gasteiger charge is -2.09. The van der Waals surface area contributed by atoms with Gasteiger partial charge in [0, 0.05) is 63.3 Å². The molecular weight excluding hydrogens is 739 g/mol. The van der Waals surface area contributed by atoms with Crippen LogP contribution in [-0.4, -0.2) is 24.9 Å². The predicted molar refractivity (Wildman–Crippen MR) is 236 cm³/mol. The Morgan fingerprint density at radius 2 is 1.00 bits per heavy atom. The van der Waals surface area contributed by atoms with Crippen LogP contribution in [0.4, 0.5) is 0 Å². The molecule has 7 aromatic carbocycles. The Balaban J connectivity index is 1.08. The summed E-state index contributed by atoms with van der Waals surface area (Å²) in [4.78, 5) is 25.9. The number of rotatable bonds is 5. The molecule has 8 heteroatoms. The Morgan fingerprint density at radius 1 is 0.386 bits per heavy atom. The van der Waals surface area contributed by atoms with Crippen molar-refractivity contribution >= 4 is 85.1 Å². The number of nitrogens with zero attached hydrogens (tertiary/aromatic N) is 5. The van der Waals surface area contributed by atoms with Crippen molar-refractivity contribution in [2.75, 3.05) is 0 Å². The van der Waals surface area contributed by atoms with Gasteiger partial charge in [-0.1, -0.05) is 121 Å². The first kappa shape index (κ1) is 32.1. The molecule has 0 radical (unpaired) electrons. The highest BCUT2D eigenvalue weighted by molar-refractivity contribution is 7.26. The van der Waals surface area contributed by atoms with Crippen LogP contribution in [0, 0.1) is 0 Å². The van der Waals surface area contributed by atoms with Crippen molar-refractivity contribution in [3.05, 3.63) is 164 Å². The zero-order valence-electron chi connectivity index (χ0n) is 30.0. The number of hydrogen-bond donors (Lipinski definition) is 0. The van der Waals surface area contributed by atoms with Crippen molar-refractivity contribution in [2.24, 2.45) is 0 Å². The van der Waals surface area contributed by atoms with E-state index in [2.05, 4.69) is 103 Å². The third-order valence-corrected chi connectivity index (χ3v) is 12.9. The molecule has 12 rings (SSSR count). The summed E-state index contributed by atoms with van der Waals surface area (Å²) in [6, 6.07) is 56.2. The zero-order valence-corrected chi connectivity index (χ0v) is 31.7. The molecule has 6 nitrogen and oxygen atoms in total. The minimum Gasteiger partial charge on any atom is -0.455 e. The normalized spacial score (nSPS) is 11.9. The van der Waals surface area contributed by atoms with Crippen LogP contribution in [0.3, 0.4) is 0 Å². The molecule has 266 valence electrons. The lowest BCUT2D eigenvalue weighted by atomic mass is 10.0. The van der Waals surface area contributed by atoms with Gasteiger partial charge >= 0.3 is 0 Å². The van der Waals surface area contributed by atoms with Gasteiger partial charge in [0.2, 0.25) is 0 Å². The van der Waals surface area contributed by atoms with Crippen LogP contribution in [0.5, 0.6) is 0 Å². The SMILES string of the molecule is c1ccc(-c2nc(-c3ccc4sc5ccccc5c4c3)nc(-c3cccc4c3oc3cccc(-c5nc(-c6ccccc6)c6sc7ccccc7c6n5)c34)n2)cc1. The molecule has 0 amide bonds. The molecule has 0 aliphatic rings. The Hall–Kier alpha value is -7.13. The number of aromatic nitrogens is 5. The summed E-state index contributed by atoms with van der Waals surface area (Å²) in [6.45, 7) is 0. The van der Waals surface area contributed by atoms with E-state index in [9.17, 15) is 0 Å². The maximum atomic E-state index is 6.79. The van der Waals surface area contributed by atoms with Gasteiger partial charge in [-0.15, -0.1) is 22.7 Å². The van der Waals surface area contributed by atoms with E-state index >= 15 is 0 Å². The lowest BCUT2D eigenvalue weighted by Crippen LogP contribution is -2.00. The van der Waals surface area contributed by atoms with Crippen molar-refractivity contribution in [3.8, 4) is 56.8 Å². The van der Waals surface area contributed by atoms with E-state index in [1.54, 1.807) is 22.7 Å². The molecule has 0 N–H and O–H groups in total. The Labute approximate surface area is 333 Å². The molecule has 0 bridgehead atoms. The highest BCUT2D eigenvalue weighted by atomic mass is 32.1. The summed E-state index contributed by atoms with van der Waals surface area (Å²) < 4.78 is 11.5. The topological polar surface area (TPSA) is 77.6 Å². The van der Waals surface area contributed by atoms with Crippen LogP contribution < -0.4 is 0 Å². The van der Waals surface area contributed by atoms with Crippen molar-refractivity contribution in [1.82, 2.24) is 24.9 Å². The van der Waals surface area contributed by atoms with Gasteiger partial charge in [-0.2, -0.15) is 0 Å². The molecule has 0 aliphatic carbocycles. The van der Waals surface area contributed by atoms with Gasteiger partial charge in [0.05, 0.1) is 21.5 Å². The fourth-order valence-electron chi connectivity index (χ4n) is 7.92. The van der Waals surface area contributed by atoms with Crippen molar-refractivity contribution in [3.63, 3.8) is 0 Å². The molecule has 0 unspecified atom stereocenters. The van der Waals surface area contributed by atoms with E-state index in [4.69, 9.17) is 29.3 Å². The van der Waals surface area contributed by atoms with Gasteiger partial charge in [0.25, 0.3) is 0 Å². The monoisotopic (exact) mass is 765 g/mol. The quantitative estimate of drug-likeness (QED) is 0.174. The third kappa shape index (κ3) is 5.19. The number of hydrogen-bond acceptors (Lipinski definition) is 8. The summed E-state index contributed by atoms with van der Waals surface area (Å²) in [5, 5.41) is 5.42. The maximum Gasteiger partial charge on any atom is 0.167 e. The van der Waals surface area contributed by atoms with Crippen LogP contribution in [0.15, 0.2) is 168 Å². The number of benzene rings is 7. The lowest BCUT2D eigenvalue weighted by molar-refractivity contribution is 0.669. The smallest absolute Gasteiger partial charge is 0.167 e. The van der Waals surface area contributed by atoms with Gasteiger partial charge in [0.1, 0.15) is 11.2 Å². The van der Waals surface area contributed by atoms with E-state index in [1.807, 2.05) is 60.7 Å². The predicted octanol–water partition coefficient (Wildman–Crippen LogP) is 13.6. The summed E-state index contributed by atoms with van der Waals surface area (Å²) in [5.74, 6) is 2.38. The molecule has 0 spiro atoms. The van der Waals surface area contributed by atoms with E-state index in [1.165, 1.54) is 24.9 Å². The number of fused-ring (bicyclic) bond motifs is 9. The van der Waals surface area contributed by atoms with Crippen LogP contribution >= 0.6 is 22.7 Å². The summed E-state index contributed by atoms with van der Waals surface area (Å²) in [6.07, 6.45) is 0. The van der Waals surface area contributed by atoms with Crippen molar-refractivity contribution < 1.29 is 4.42 Å². The second-order valence-electron chi connectivity index (χ2n) is 14.0. The Bertz CT molecular complexity index is 3540. The average molecular weight is 766 g/mol. The molecule has 12 aromatic rings. The summed E-state index contributed by atoms with van der Waals surface area (Å²) in [5.41, 5.74) is 7.86. The van der Waals surface area contributed by atoms with Gasteiger partial charge < -0.3 is 4.42 Å². The minimum atomic E-state index is 0.536. The van der Waals surface area contributed by atoms with E-state index < -0.39 is 0 Å². The van der Waals surface area contributed by atoms with Crippen LogP contribution in [0.2, 0.25) is 0 Å². The minimum absolute atomic E-state index is 0.536. The van der Waals surface area contributed by atoms with Crippen LogP contribution in [0.1, 0.15) is 0 Å². The molecule has 5 aromatic heterocycles. The standard InChI is InChI=1S/C49H27N5OS2/c1-3-13-28(14-4-1)42-45-43(32-18-8-10-24-39(32)57-45)51-48(50-42)34-20-12-22-37-41(34)33-19-11-21-35(44(33)55-37)49-53-46(29-15-5-2-6-16-29)52-47(54-49)30-25-26-40-36(27-30)31-17-7-9-23-38(31)56-40/h1-27H. The van der Waals surface area contributed by atoms with Gasteiger partial charge in [-0.05, 0) is 42.5 Å². The fraction of sp³-hybridized carbons (Fsp3) is 0. The Kier molecular flexibility index (Phi) is 7.17. The van der Waals surface area contributed by atoms with E-state index in [0.29, 0.717) is 28.9 Å². The van der Waals surface area contributed by atoms with Crippen molar-refractivity contribution in [2.45, 2.75) is 0 Å². The molecule has 0 aliphatic heterocycles. The second-order valence-corrected chi connectivity index (χ2v) is 16.1. The zero-order chi connectivity index (χ0) is 37.5. The first-order valence-corrected chi connectivity index (χ1v) is 20.3. The highest BCUT2D eigenvalue weighted by Crippen LogP contribution is 2.43. The van der Waals surface area contributed by atoms with Crippen LogP contribution in [0.25, 0.3) is 119 Å². The number of furan rings is 1. The van der Waals surface area contributed by atoms with Crippen LogP contribution in [-0.2, 0) is 0 Å². The van der Waals surface area contributed by atoms with Gasteiger partial charge in [0.15, 0.2) is 23.3 Å². The molecule has 5 heterocycles. The summed E-state index contributed by atoms with van der Waals surface area (Å²) in [7, 11) is 0. The van der Waals surface area contributed by atoms with Gasteiger partial charge in [-0.3, -0.25) is 0 Å². The molecule has 0 saturated heterocycles. The van der Waals surface area contributed by atoms with E-state index in [-0.39, 0.29) is 0 Å². The first-order chi connectivity index (χ1) is 28.2. The summed E-state index contributed by atoms with van der Waals surface area (Å²) >= 11 is 3.53. The molecular formula is C49H27N5OS2. The third-order valence-electron chi connectivity index (χ3n) is 10.6. The molecule has 57 heavy (non-hydrogen) atoms. The van der Waals surface area contributed by atoms with E-state index in [0.717, 1.165) is 65.5 Å². The first-order valence-electron chi connectivity index (χ1n) is 18.7. The Morgan fingerprint density at radius 3 is 1.82 bits per heavy atom. The molecule has 0 saturated carbocycles.